The van der Waals surface area contributed by atoms with E-state index in [0.717, 1.165) is 5.56 Å². The largest absolute Gasteiger partial charge is 0.493 e. The number of carbonyl (C=O) groups excluding carboxylic acids is 1. The van der Waals surface area contributed by atoms with E-state index >= 15 is 0 Å². The first-order valence-corrected chi connectivity index (χ1v) is 9.60. The average molecular weight is 423 g/mol. The summed E-state index contributed by atoms with van der Waals surface area (Å²) in [6.07, 6.45) is 3.19. The lowest BCUT2D eigenvalue weighted by Gasteiger charge is -2.14. The molecule has 3 rings (SSSR count). The molecule has 0 saturated heterocycles. The van der Waals surface area contributed by atoms with Crippen LogP contribution in [0.1, 0.15) is 5.56 Å². The smallest absolute Gasteiger partial charge is 0.319 e. The minimum absolute atomic E-state index is 0.357. The minimum Gasteiger partial charge on any atom is -0.493 e. The highest BCUT2D eigenvalue weighted by molar-refractivity contribution is 5.91. The molecule has 2 amide bonds. The summed E-state index contributed by atoms with van der Waals surface area (Å²) in [6, 6.07) is 10.5. The first-order chi connectivity index (χ1) is 15.1. The molecule has 0 bridgehead atoms. The van der Waals surface area contributed by atoms with Gasteiger partial charge >= 0.3 is 6.03 Å². The molecule has 3 aromatic rings. The van der Waals surface area contributed by atoms with E-state index in [1.54, 1.807) is 37.6 Å². The van der Waals surface area contributed by atoms with Crippen LogP contribution in [0, 0.1) is 6.92 Å². The molecule has 0 fully saturated rings. The van der Waals surface area contributed by atoms with Crippen molar-refractivity contribution in [2.24, 2.45) is 0 Å². The topological polar surface area (TPSA) is 122 Å². The van der Waals surface area contributed by atoms with Crippen molar-refractivity contribution in [3.8, 4) is 11.5 Å². The average Bonchev–Trinajstić information content (AvgIpc) is 2.77. The quantitative estimate of drug-likeness (QED) is 0.387. The van der Waals surface area contributed by atoms with Crippen LogP contribution in [0.5, 0.6) is 11.5 Å². The molecule has 10 nitrogen and oxygen atoms in total. The predicted molar refractivity (Wildman–Crippen MR) is 119 cm³/mol. The molecule has 0 saturated carbocycles. The normalized spacial score (nSPS) is 10.2. The summed E-state index contributed by atoms with van der Waals surface area (Å²) in [4.78, 5) is 24.8. The molecule has 4 N–H and O–H groups in total. The van der Waals surface area contributed by atoms with Crippen LogP contribution >= 0.6 is 0 Å². The van der Waals surface area contributed by atoms with Gasteiger partial charge in [-0.3, -0.25) is 0 Å². The van der Waals surface area contributed by atoms with Crippen LogP contribution in [0.2, 0.25) is 0 Å². The van der Waals surface area contributed by atoms with E-state index in [2.05, 4.69) is 36.2 Å². The number of ether oxygens (including phenoxy) is 2. The number of urea groups is 1. The Kier molecular flexibility index (Phi) is 7.41. The lowest BCUT2D eigenvalue weighted by molar-refractivity contribution is 0.252. The molecular formula is C21H25N7O3. The van der Waals surface area contributed by atoms with Gasteiger partial charge in [0.05, 0.1) is 19.9 Å². The lowest BCUT2D eigenvalue weighted by atomic mass is 10.2. The standard InChI is InChI=1S/C21H25N7O3/c1-14-7-8-22-18(11-14)28-19-12-17(25-13-26-19)23-9-10-24-21(29)27-15-5-4-6-16(30-2)20(15)31-3/h4-8,11-13H,9-10H2,1-3H3,(H2,24,27,29)(H2,22,23,25,26,28). The maximum Gasteiger partial charge on any atom is 0.319 e. The Bertz CT molecular complexity index is 1030. The van der Waals surface area contributed by atoms with E-state index in [1.807, 2.05) is 19.1 Å². The number of hydrogen-bond acceptors (Lipinski definition) is 8. The van der Waals surface area contributed by atoms with Gasteiger partial charge in [0.25, 0.3) is 0 Å². The molecule has 0 aliphatic heterocycles. The highest BCUT2D eigenvalue weighted by atomic mass is 16.5. The van der Waals surface area contributed by atoms with E-state index < -0.39 is 0 Å². The summed E-state index contributed by atoms with van der Waals surface area (Å²) in [7, 11) is 3.06. The fraction of sp³-hybridized carbons (Fsp3) is 0.238. The van der Waals surface area contributed by atoms with Gasteiger partial charge in [0.2, 0.25) is 0 Å². The zero-order chi connectivity index (χ0) is 22.1. The van der Waals surface area contributed by atoms with Crippen molar-refractivity contribution >= 4 is 29.2 Å². The van der Waals surface area contributed by atoms with Gasteiger partial charge < -0.3 is 30.7 Å². The van der Waals surface area contributed by atoms with Crippen molar-refractivity contribution in [3.05, 3.63) is 54.5 Å². The summed E-state index contributed by atoms with van der Waals surface area (Å²) in [5, 5.41) is 11.8. The molecule has 0 aliphatic carbocycles. The number of anilines is 4. The molecule has 162 valence electrons. The van der Waals surface area contributed by atoms with Gasteiger partial charge in [0, 0.05) is 25.4 Å². The van der Waals surface area contributed by atoms with Gasteiger partial charge in [-0.25, -0.2) is 19.7 Å². The number of nitrogens with zero attached hydrogens (tertiary/aromatic N) is 3. The fourth-order valence-corrected chi connectivity index (χ4v) is 2.78. The number of rotatable bonds is 9. The Morgan fingerprint density at radius 3 is 2.55 bits per heavy atom. The van der Waals surface area contributed by atoms with Crippen LogP contribution in [0.15, 0.2) is 48.9 Å². The number of amides is 2. The zero-order valence-electron chi connectivity index (χ0n) is 17.6. The molecule has 0 aliphatic rings. The van der Waals surface area contributed by atoms with Gasteiger partial charge in [-0.15, -0.1) is 0 Å². The Labute approximate surface area is 180 Å². The molecule has 1 aromatic carbocycles. The molecule has 0 atom stereocenters. The summed E-state index contributed by atoms with van der Waals surface area (Å²) in [6.45, 7) is 2.85. The summed E-state index contributed by atoms with van der Waals surface area (Å²) in [5.74, 6) is 2.95. The molecule has 31 heavy (non-hydrogen) atoms. The Morgan fingerprint density at radius 1 is 0.968 bits per heavy atom. The summed E-state index contributed by atoms with van der Waals surface area (Å²) >= 11 is 0. The van der Waals surface area contributed by atoms with Gasteiger partial charge in [-0.05, 0) is 36.8 Å². The first-order valence-electron chi connectivity index (χ1n) is 9.60. The highest BCUT2D eigenvalue weighted by Crippen LogP contribution is 2.34. The van der Waals surface area contributed by atoms with Crippen molar-refractivity contribution in [2.45, 2.75) is 6.92 Å². The summed E-state index contributed by atoms with van der Waals surface area (Å²) < 4.78 is 10.5. The number of aromatic nitrogens is 3. The van der Waals surface area contributed by atoms with E-state index in [4.69, 9.17) is 9.47 Å². The van der Waals surface area contributed by atoms with Crippen LogP contribution < -0.4 is 30.7 Å². The van der Waals surface area contributed by atoms with Crippen LogP contribution in [-0.4, -0.2) is 48.3 Å². The summed E-state index contributed by atoms with van der Waals surface area (Å²) in [5.41, 5.74) is 1.62. The molecule has 0 radical (unpaired) electrons. The van der Waals surface area contributed by atoms with Gasteiger partial charge in [-0.1, -0.05) is 6.07 Å². The maximum atomic E-state index is 12.2. The Balaban J connectivity index is 1.47. The van der Waals surface area contributed by atoms with Gasteiger partial charge in [0.1, 0.15) is 23.8 Å². The highest BCUT2D eigenvalue weighted by Gasteiger charge is 2.11. The molecule has 2 aromatic heterocycles. The first kappa shape index (κ1) is 21.6. The van der Waals surface area contributed by atoms with Crippen molar-refractivity contribution in [3.63, 3.8) is 0 Å². The van der Waals surface area contributed by atoms with Crippen LogP contribution in [0.4, 0.5) is 27.9 Å². The lowest BCUT2D eigenvalue weighted by Crippen LogP contribution is -2.32. The molecular weight excluding hydrogens is 398 g/mol. The number of benzene rings is 1. The molecule has 0 spiro atoms. The number of carbonyl (C=O) groups is 1. The third-order valence-electron chi connectivity index (χ3n) is 4.21. The van der Waals surface area contributed by atoms with Crippen LogP contribution in [0.3, 0.4) is 0 Å². The number of methoxy groups -OCH3 is 2. The SMILES string of the molecule is COc1cccc(NC(=O)NCCNc2cc(Nc3cc(C)ccn3)ncn2)c1OC. The number of aryl methyl sites for hydroxylation is 1. The minimum atomic E-state index is -0.357. The number of para-hydroxylation sites is 1. The van der Waals surface area contributed by atoms with Crippen LogP contribution in [-0.2, 0) is 0 Å². The number of pyridine rings is 1. The van der Waals surface area contributed by atoms with E-state index in [1.165, 1.54) is 13.4 Å². The Hall–Kier alpha value is -4.08. The number of nitrogens with one attached hydrogen (secondary N) is 4. The van der Waals surface area contributed by atoms with Crippen LogP contribution in [0.25, 0.3) is 0 Å². The monoisotopic (exact) mass is 423 g/mol. The maximum absolute atomic E-state index is 12.2. The van der Waals surface area contributed by atoms with Crippen molar-refractivity contribution in [1.82, 2.24) is 20.3 Å². The van der Waals surface area contributed by atoms with E-state index in [-0.39, 0.29) is 6.03 Å². The molecule has 10 heteroatoms. The Morgan fingerprint density at radius 2 is 1.77 bits per heavy atom. The molecule has 2 heterocycles. The van der Waals surface area contributed by atoms with Gasteiger partial charge in [-0.2, -0.15) is 0 Å². The third-order valence-corrected chi connectivity index (χ3v) is 4.21. The van der Waals surface area contributed by atoms with Gasteiger partial charge in [0.15, 0.2) is 11.5 Å². The third kappa shape index (κ3) is 6.20. The van der Waals surface area contributed by atoms with Crippen molar-refractivity contribution in [1.29, 1.82) is 0 Å². The second kappa shape index (κ2) is 10.6. The zero-order valence-corrected chi connectivity index (χ0v) is 17.6. The predicted octanol–water partition coefficient (Wildman–Crippen LogP) is 3.17. The van der Waals surface area contributed by atoms with E-state index in [9.17, 15) is 4.79 Å². The molecule has 0 unspecified atom stereocenters. The second-order valence-corrected chi connectivity index (χ2v) is 6.48. The van der Waals surface area contributed by atoms with Crippen molar-refractivity contribution < 1.29 is 14.3 Å². The number of hydrogen-bond donors (Lipinski definition) is 4. The fourth-order valence-electron chi connectivity index (χ4n) is 2.78. The van der Waals surface area contributed by atoms with Crippen molar-refractivity contribution in [2.75, 3.05) is 43.3 Å². The second-order valence-electron chi connectivity index (χ2n) is 6.48. The van der Waals surface area contributed by atoms with E-state index in [0.29, 0.717) is 47.7 Å².